The predicted molar refractivity (Wildman–Crippen MR) is 114 cm³/mol. The summed E-state index contributed by atoms with van der Waals surface area (Å²) in [6, 6.07) is 16.3. The van der Waals surface area contributed by atoms with Crippen molar-refractivity contribution in [2.45, 2.75) is 39.2 Å². The van der Waals surface area contributed by atoms with Crippen molar-refractivity contribution in [2.75, 3.05) is 10.6 Å². The molecule has 1 saturated carbocycles. The minimum absolute atomic E-state index is 0.0321. The van der Waals surface area contributed by atoms with Gasteiger partial charge < -0.3 is 10.6 Å². The van der Waals surface area contributed by atoms with Gasteiger partial charge in [-0.15, -0.1) is 0 Å². The Morgan fingerprint density at radius 1 is 1.04 bits per heavy atom. The SMILES string of the molecule is CC(C)C1CCC(C)C2C1=Nc1ccccc1NC21C(=O)Nc2ccccc21. The average molecular weight is 374 g/mol. The zero-order valence-corrected chi connectivity index (χ0v) is 16.7. The Hall–Kier alpha value is -2.62. The third-order valence-corrected chi connectivity index (χ3v) is 6.92. The quantitative estimate of drug-likeness (QED) is 0.708. The highest BCUT2D eigenvalue weighted by Gasteiger charge is 2.58. The normalized spacial score (nSPS) is 30.6. The fraction of sp³-hybridized carbons (Fsp3) is 0.417. The second-order valence-corrected chi connectivity index (χ2v) is 8.87. The highest BCUT2D eigenvalue weighted by Crippen LogP contribution is 2.53. The number of benzene rings is 2. The molecular weight excluding hydrogens is 346 g/mol. The molecule has 0 aromatic heterocycles. The predicted octanol–water partition coefficient (Wildman–Crippen LogP) is 5.35. The van der Waals surface area contributed by atoms with Gasteiger partial charge in [0.25, 0.3) is 5.91 Å². The van der Waals surface area contributed by atoms with E-state index in [1.807, 2.05) is 36.4 Å². The first-order valence-corrected chi connectivity index (χ1v) is 10.4. The summed E-state index contributed by atoms with van der Waals surface area (Å²) in [5.74, 6) is 1.33. The molecule has 4 unspecified atom stereocenters. The van der Waals surface area contributed by atoms with Gasteiger partial charge in [0.05, 0.1) is 11.4 Å². The lowest BCUT2D eigenvalue weighted by Gasteiger charge is -2.45. The molecule has 2 aliphatic heterocycles. The van der Waals surface area contributed by atoms with E-state index in [9.17, 15) is 4.79 Å². The van der Waals surface area contributed by atoms with Crippen LogP contribution in [0.5, 0.6) is 0 Å². The number of carbonyl (C=O) groups is 1. The van der Waals surface area contributed by atoms with E-state index in [0.29, 0.717) is 17.8 Å². The Morgan fingerprint density at radius 2 is 1.75 bits per heavy atom. The fourth-order valence-electron chi connectivity index (χ4n) is 5.57. The maximum Gasteiger partial charge on any atom is 0.255 e. The zero-order valence-electron chi connectivity index (χ0n) is 16.7. The molecule has 4 heteroatoms. The summed E-state index contributed by atoms with van der Waals surface area (Å²) in [6.45, 7) is 6.84. The molecule has 2 aromatic carbocycles. The van der Waals surface area contributed by atoms with Gasteiger partial charge in [-0.05, 0) is 42.9 Å². The summed E-state index contributed by atoms with van der Waals surface area (Å²) in [4.78, 5) is 18.8. The number of rotatable bonds is 1. The van der Waals surface area contributed by atoms with Crippen LogP contribution in [0.4, 0.5) is 17.1 Å². The molecule has 1 fully saturated rings. The van der Waals surface area contributed by atoms with Gasteiger partial charge in [0.15, 0.2) is 5.54 Å². The van der Waals surface area contributed by atoms with Crippen molar-refractivity contribution in [3.8, 4) is 0 Å². The monoisotopic (exact) mass is 373 g/mol. The molecule has 0 radical (unpaired) electrons. The van der Waals surface area contributed by atoms with E-state index in [0.717, 1.165) is 35.5 Å². The highest BCUT2D eigenvalue weighted by atomic mass is 16.2. The molecule has 2 heterocycles. The molecule has 28 heavy (non-hydrogen) atoms. The largest absolute Gasteiger partial charge is 0.365 e. The summed E-state index contributed by atoms with van der Waals surface area (Å²) in [5, 5.41) is 6.86. The van der Waals surface area contributed by atoms with Crippen LogP contribution in [0, 0.1) is 23.7 Å². The van der Waals surface area contributed by atoms with Gasteiger partial charge in [0.1, 0.15) is 0 Å². The number of nitrogens with zero attached hydrogens (tertiary/aromatic N) is 1. The molecule has 0 saturated heterocycles. The van der Waals surface area contributed by atoms with Gasteiger partial charge in [0.2, 0.25) is 0 Å². The molecule has 3 aliphatic rings. The van der Waals surface area contributed by atoms with Crippen molar-refractivity contribution < 1.29 is 4.79 Å². The molecule has 0 bridgehead atoms. The Balaban J connectivity index is 1.81. The van der Waals surface area contributed by atoms with E-state index in [2.05, 4.69) is 43.5 Å². The molecule has 144 valence electrons. The second-order valence-electron chi connectivity index (χ2n) is 8.87. The van der Waals surface area contributed by atoms with E-state index in [1.54, 1.807) is 0 Å². The van der Waals surface area contributed by atoms with E-state index in [1.165, 1.54) is 5.71 Å². The van der Waals surface area contributed by atoms with Gasteiger partial charge in [-0.25, -0.2) is 0 Å². The van der Waals surface area contributed by atoms with Crippen molar-refractivity contribution in [3.63, 3.8) is 0 Å². The molecule has 4 nitrogen and oxygen atoms in total. The Bertz CT molecular complexity index is 979. The van der Waals surface area contributed by atoms with Gasteiger partial charge >= 0.3 is 0 Å². The topological polar surface area (TPSA) is 53.5 Å². The minimum atomic E-state index is -0.811. The smallest absolute Gasteiger partial charge is 0.255 e. The molecule has 1 spiro atoms. The molecule has 5 rings (SSSR count). The van der Waals surface area contributed by atoms with Gasteiger partial charge in [0, 0.05) is 28.8 Å². The maximum atomic E-state index is 13.6. The molecule has 4 atom stereocenters. The van der Waals surface area contributed by atoms with Crippen molar-refractivity contribution >= 4 is 28.7 Å². The second kappa shape index (κ2) is 6.20. The summed E-state index contributed by atoms with van der Waals surface area (Å²) in [5.41, 5.74) is 4.22. The first-order chi connectivity index (χ1) is 13.5. The third-order valence-electron chi connectivity index (χ3n) is 6.92. The van der Waals surface area contributed by atoms with Crippen molar-refractivity contribution in [1.29, 1.82) is 0 Å². The van der Waals surface area contributed by atoms with E-state index in [4.69, 9.17) is 4.99 Å². The summed E-state index contributed by atoms with van der Waals surface area (Å²) < 4.78 is 0. The zero-order chi connectivity index (χ0) is 19.5. The van der Waals surface area contributed by atoms with E-state index < -0.39 is 5.54 Å². The molecule has 1 aliphatic carbocycles. The number of hydrogen-bond acceptors (Lipinski definition) is 3. The van der Waals surface area contributed by atoms with E-state index >= 15 is 0 Å². The lowest BCUT2D eigenvalue weighted by molar-refractivity contribution is -0.121. The van der Waals surface area contributed by atoms with Crippen LogP contribution in [0.3, 0.4) is 0 Å². The van der Waals surface area contributed by atoms with Crippen LogP contribution in [-0.2, 0) is 10.3 Å². The maximum absolute atomic E-state index is 13.6. The van der Waals surface area contributed by atoms with Gasteiger partial charge in [-0.2, -0.15) is 0 Å². The summed E-state index contributed by atoms with van der Waals surface area (Å²) in [7, 11) is 0. The average Bonchev–Trinajstić information content (AvgIpc) is 2.85. The van der Waals surface area contributed by atoms with Crippen molar-refractivity contribution in [2.24, 2.45) is 28.7 Å². The molecule has 2 N–H and O–H groups in total. The number of aliphatic imine (C=N–C) groups is 1. The Labute approximate surface area is 166 Å². The number of nitrogens with one attached hydrogen (secondary N) is 2. The molecule has 2 aromatic rings. The summed E-state index contributed by atoms with van der Waals surface area (Å²) in [6.07, 6.45) is 2.25. The van der Waals surface area contributed by atoms with Crippen LogP contribution < -0.4 is 10.6 Å². The molecule has 1 amide bonds. The van der Waals surface area contributed by atoms with E-state index in [-0.39, 0.29) is 11.8 Å². The summed E-state index contributed by atoms with van der Waals surface area (Å²) >= 11 is 0. The Kier molecular flexibility index (Phi) is 3.87. The van der Waals surface area contributed by atoms with Crippen molar-refractivity contribution in [3.05, 3.63) is 54.1 Å². The number of amides is 1. The minimum Gasteiger partial charge on any atom is -0.365 e. The highest BCUT2D eigenvalue weighted by molar-refractivity contribution is 6.13. The van der Waals surface area contributed by atoms with Gasteiger partial charge in [-0.1, -0.05) is 51.1 Å². The first-order valence-electron chi connectivity index (χ1n) is 10.4. The van der Waals surface area contributed by atoms with Crippen LogP contribution >= 0.6 is 0 Å². The van der Waals surface area contributed by atoms with Gasteiger partial charge in [-0.3, -0.25) is 9.79 Å². The first kappa shape index (κ1) is 17.5. The number of carbonyl (C=O) groups excluding carboxylic acids is 1. The Morgan fingerprint density at radius 3 is 2.54 bits per heavy atom. The number of hydrogen-bond donors (Lipinski definition) is 2. The third kappa shape index (κ3) is 2.30. The van der Waals surface area contributed by atoms with Crippen LogP contribution in [-0.4, -0.2) is 11.6 Å². The standard InChI is InChI=1S/C24H27N3O/c1-14(2)16-13-12-15(3)21-22(16)25-19-10-6-7-11-20(19)27-24(21)17-8-4-5-9-18(17)26-23(24)28/h4-11,14-16,21,27H,12-13H2,1-3H3,(H,26,28). The lowest BCUT2D eigenvalue weighted by Crippen LogP contribution is -2.56. The van der Waals surface area contributed by atoms with Crippen LogP contribution in [0.15, 0.2) is 53.5 Å². The lowest BCUT2D eigenvalue weighted by atomic mass is 9.61. The van der Waals surface area contributed by atoms with Crippen molar-refractivity contribution in [1.82, 2.24) is 0 Å². The van der Waals surface area contributed by atoms with Crippen LogP contribution in [0.1, 0.15) is 39.2 Å². The molecular formula is C24H27N3O. The van der Waals surface area contributed by atoms with Crippen LogP contribution in [0.2, 0.25) is 0 Å². The number of anilines is 2. The fourth-order valence-corrected chi connectivity index (χ4v) is 5.57. The number of para-hydroxylation sites is 3. The van der Waals surface area contributed by atoms with Crippen LogP contribution in [0.25, 0.3) is 0 Å². The number of fused-ring (bicyclic) bond motifs is 5.